The Labute approximate surface area is 129 Å². The summed E-state index contributed by atoms with van der Waals surface area (Å²) in [5.41, 5.74) is 0.328. The molecule has 1 heterocycles. The monoisotopic (exact) mass is 328 g/mol. The fourth-order valence-corrected chi connectivity index (χ4v) is 3.85. The first-order chi connectivity index (χ1) is 10.0. The molecule has 0 aliphatic carbocycles. The number of nitriles is 1. The molecule has 0 spiro atoms. The highest BCUT2D eigenvalue weighted by Crippen LogP contribution is 2.22. The number of sulfonamides is 1. The Balaban J connectivity index is 1.96. The number of benzene rings is 1. The van der Waals surface area contributed by atoms with Crippen LogP contribution in [0.25, 0.3) is 0 Å². The van der Waals surface area contributed by atoms with Gasteiger partial charge in [-0.05, 0) is 43.9 Å². The summed E-state index contributed by atoms with van der Waals surface area (Å²) in [6, 6.07) is 6.05. The third kappa shape index (κ3) is 4.42. The lowest BCUT2D eigenvalue weighted by Gasteiger charge is -2.22. The molecule has 0 saturated carbocycles. The smallest absolute Gasteiger partial charge is 0.242 e. The van der Waals surface area contributed by atoms with E-state index >= 15 is 0 Å². The molecule has 0 bridgehead atoms. The molecular formula is C14H17ClN2O3S. The number of nitrogens with one attached hydrogen (secondary N) is 1. The zero-order chi connectivity index (χ0) is 15.3. The zero-order valence-corrected chi connectivity index (χ0v) is 13.1. The Morgan fingerprint density at radius 1 is 1.43 bits per heavy atom. The molecule has 0 amide bonds. The first-order valence-electron chi connectivity index (χ1n) is 6.84. The highest BCUT2D eigenvalue weighted by molar-refractivity contribution is 7.89. The van der Waals surface area contributed by atoms with Gasteiger partial charge in [-0.25, -0.2) is 13.1 Å². The third-order valence-corrected chi connectivity index (χ3v) is 5.33. The van der Waals surface area contributed by atoms with E-state index in [1.807, 2.05) is 6.07 Å². The Morgan fingerprint density at radius 3 is 2.86 bits per heavy atom. The highest BCUT2D eigenvalue weighted by atomic mass is 35.5. The van der Waals surface area contributed by atoms with Crippen molar-refractivity contribution in [2.75, 3.05) is 13.2 Å². The number of hydrogen-bond donors (Lipinski definition) is 1. The maximum absolute atomic E-state index is 12.2. The van der Waals surface area contributed by atoms with Gasteiger partial charge in [-0.1, -0.05) is 11.6 Å². The van der Waals surface area contributed by atoms with Crippen molar-refractivity contribution in [1.29, 1.82) is 5.26 Å². The minimum absolute atomic E-state index is 0.00673. The molecule has 1 aromatic carbocycles. The molecule has 114 valence electrons. The average Bonchev–Trinajstić information content (AvgIpc) is 2.47. The standard InChI is InChI=1S/C14H17ClN2O3S/c15-13-9-11(10-16)4-5-14(13)21(18,19)17-7-6-12-3-1-2-8-20-12/h4-5,9,12,17H,1-3,6-8H2. The minimum Gasteiger partial charge on any atom is -0.378 e. The summed E-state index contributed by atoms with van der Waals surface area (Å²) in [4.78, 5) is -0.00673. The molecule has 1 unspecified atom stereocenters. The van der Waals surface area contributed by atoms with Gasteiger partial charge in [-0.3, -0.25) is 0 Å². The van der Waals surface area contributed by atoms with Crippen LogP contribution in [0.5, 0.6) is 0 Å². The molecule has 1 saturated heterocycles. The largest absolute Gasteiger partial charge is 0.378 e. The van der Waals surface area contributed by atoms with Crippen LogP contribution in [0.3, 0.4) is 0 Å². The van der Waals surface area contributed by atoms with Gasteiger partial charge in [0.2, 0.25) is 10.0 Å². The van der Waals surface area contributed by atoms with Gasteiger partial charge in [0.05, 0.1) is 22.8 Å². The van der Waals surface area contributed by atoms with Gasteiger partial charge in [0, 0.05) is 13.2 Å². The molecular weight excluding hydrogens is 312 g/mol. The van der Waals surface area contributed by atoms with Gasteiger partial charge in [0.1, 0.15) is 4.90 Å². The van der Waals surface area contributed by atoms with Crippen LogP contribution >= 0.6 is 11.6 Å². The van der Waals surface area contributed by atoms with Crippen molar-refractivity contribution in [3.63, 3.8) is 0 Å². The van der Waals surface area contributed by atoms with Crippen molar-refractivity contribution < 1.29 is 13.2 Å². The first kappa shape index (κ1) is 16.2. The number of halogens is 1. The molecule has 21 heavy (non-hydrogen) atoms. The Kier molecular flexibility index (Phi) is 5.59. The van der Waals surface area contributed by atoms with Crippen LogP contribution in [0, 0.1) is 11.3 Å². The maximum atomic E-state index is 12.2. The van der Waals surface area contributed by atoms with Crippen LogP contribution < -0.4 is 4.72 Å². The minimum atomic E-state index is -3.66. The van der Waals surface area contributed by atoms with E-state index in [0.717, 1.165) is 25.9 Å². The van der Waals surface area contributed by atoms with Crippen molar-refractivity contribution in [3.05, 3.63) is 28.8 Å². The summed E-state index contributed by atoms with van der Waals surface area (Å²) in [5, 5.41) is 8.81. The van der Waals surface area contributed by atoms with Crippen LogP contribution in [0.15, 0.2) is 23.1 Å². The predicted molar refractivity (Wildman–Crippen MR) is 79.6 cm³/mol. The molecule has 5 nitrogen and oxygen atoms in total. The molecule has 1 fully saturated rings. The van der Waals surface area contributed by atoms with Gasteiger partial charge >= 0.3 is 0 Å². The lowest BCUT2D eigenvalue weighted by Crippen LogP contribution is -2.29. The Morgan fingerprint density at radius 2 is 2.24 bits per heavy atom. The van der Waals surface area contributed by atoms with Crippen LogP contribution in [0.2, 0.25) is 5.02 Å². The lowest BCUT2D eigenvalue weighted by atomic mass is 10.1. The lowest BCUT2D eigenvalue weighted by molar-refractivity contribution is 0.0123. The summed E-state index contributed by atoms with van der Waals surface area (Å²) >= 11 is 5.93. The third-order valence-electron chi connectivity index (χ3n) is 3.38. The normalized spacial score (nSPS) is 19.1. The van der Waals surface area contributed by atoms with Crippen molar-refractivity contribution in [1.82, 2.24) is 4.72 Å². The molecule has 1 aliphatic rings. The fraction of sp³-hybridized carbons (Fsp3) is 0.500. The second kappa shape index (κ2) is 7.23. The van der Waals surface area contributed by atoms with Gasteiger partial charge < -0.3 is 4.74 Å². The highest BCUT2D eigenvalue weighted by Gasteiger charge is 2.19. The van der Waals surface area contributed by atoms with E-state index < -0.39 is 10.0 Å². The van der Waals surface area contributed by atoms with E-state index in [-0.39, 0.29) is 16.0 Å². The van der Waals surface area contributed by atoms with Gasteiger partial charge in [-0.2, -0.15) is 5.26 Å². The number of ether oxygens (including phenoxy) is 1. The van der Waals surface area contributed by atoms with E-state index in [2.05, 4.69) is 4.72 Å². The molecule has 1 aliphatic heterocycles. The number of rotatable bonds is 5. The summed E-state index contributed by atoms with van der Waals surface area (Å²) in [6.07, 6.45) is 3.94. The van der Waals surface area contributed by atoms with Crippen molar-refractivity contribution >= 4 is 21.6 Å². The molecule has 1 atom stereocenters. The summed E-state index contributed by atoms with van der Waals surface area (Å²) in [7, 11) is -3.66. The van der Waals surface area contributed by atoms with Crippen molar-refractivity contribution in [2.24, 2.45) is 0 Å². The van der Waals surface area contributed by atoms with E-state index in [4.69, 9.17) is 21.6 Å². The van der Waals surface area contributed by atoms with Crippen molar-refractivity contribution in [3.8, 4) is 6.07 Å². The van der Waals surface area contributed by atoms with Gasteiger partial charge in [0.15, 0.2) is 0 Å². The quantitative estimate of drug-likeness (QED) is 0.900. The predicted octanol–water partition coefficient (Wildman–Crippen LogP) is 2.45. The van der Waals surface area contributed by atoms with E-state index in [0.29, 0.717) is 18.5 Å². The molecule has 7 heteroatoms. The van der Waals surface area contributed by atoms with Gasteiger partial charge in [0.25, 0.3) is 0 Å². The molecule has 1 aromatic rings. The Hall–Kier alpha value is -1.13. The SMILES string of the molecule is N#Cc1ccc(S(=O)(=O)NCCC2CCCCO2)c(Cl)c1. The van der Waals surface area contributed by atoms with E-state index in [1.54, 1.807) is 0 Å². The van der Waals surface area contributed by atoms with Crippen LogP contribution in [-0.2, 0) is 14.8 Å². The average molecular weight is 329 g/mol. The molecule has 0 aromatic heterocycles. The molecule has 2 rings (SSSR count). The van der Waals surface area contributed by atoms with Crippen LogP contribution in [0.1, 0.15) is 31.2 Å². The van der Waals surface area contributed by atoms with Crippen molar-refractivity contribution in [2.45, 2.75) is 36.7 Å². The second-order valence-corrected chi connectivity index (χ2v) is 7.07. The topological polar surface area (TPSA) is 79.2 Å². The first-order valence-corrected chi connectivity index (χ1v) is 8.70. The number of hydrogen-bond acceptors (Lipinski definition) is 4. The van der Waals surface area contributed by atoms with Crippen LogP contribution in [-0.4, -0.2) is 27.7 Å². The molecule has 1 N–H and O–H groups in total. The second-order valence-electron chi connectivity index (χ2n) is 4.93. The zero-order valence-electron chi connectivity index (χ0n) is 11.5. The van der Waals surface area contributed by atoms with Gasteiger partial charge in [-0.15, -0.1) is 0 Å². The van der Waals surface area contributed by atoms with E-state index in [9.17, 15) is 8.42 Å². The summed E-state index contributed by atoms with van der Waals surface area (Å²) in [6.45, 7) is 1.06. The maximum Gasteiger partial charge on any atom is 0.242 e. The fourth-order valence-electron chi connectivity index (χ4n) is 2.26. The summed E-state index contributed by atoms with van der Waals surface area (Å²) in [5.74, 6) is 0. The van der Waals surface area contributed by atoms with E-state index in [1.165, 1.54) is 18.2 Å². The van der Waals surface area contributed by atoms with Crippen LogP contribution in [0.4, 0.5) is 0 Å². The Bertz CT molecular complexity index is 634. The number of nitrogens with zero attached hydrogens (tertiary/aromatic N) is 1. The summed E-state index contributed by atoms with van der Waals surface area (Å²) < 4.78 is 32.4. The molecule has 0 radical (unpaired) electrons.